The largest absolute Gasteiger partial charge is 0 e. The minimum absolute atomic E-state index is 0. The van der Waals surface area contributed by atoms with Crippen LogP contribution in [0.3, 0.4) is 0 Å². The van der Waals surface area contributed by atoms with Gasteiger partial charge in [0.25, 0.3) is 0 Å². The molecular formula is BCdFeNd. The molecule has 4 heavy (non-hydrogen) atoms. The average molecular weight is 323 g/mol. The van der Waals surface area contributed by atoms with E-state index in [-0.39, 0.29) is 93.6 Å². The fourth-order valence-corrected chi connectivity index (χ4v) is 0. The first-order valence-corrected chi connectivity index (χ1v) is 0. The standard InChI is InChI=1S/B.Cd.Fe.Nd. The summed E-state index contributed by atoms with van der Waals surface area (Å²) in [5.41, 5.74) is 0. The first-order chi connectivity index (χ1) is 0. The minimum atomic E-state index is 0. The molecule has 0 amide bonds. The van der Waals surface area contributed by atoms with Gasteiger partial charge in [0.2, 0.25) is 0 Å². The SMILES string of the molecule is [B].[Cd].[Fe].[Nd]. The third kappa shape index (κ3) is 8.85. The van der Waals surface area contributed by atoms with E-state index in [0.717, 1.165) is 0 Å². The zero-order chi connectivity index (χ0) is 0. The molecule has 0 heterocycles. The zero-order valence-corrected chi connectivity index (χ0v) is 10.5. The Morgan fingerprint density at radius 3 is 1.00 bits per heavy atom. The van der Waals surface area contributed by atoms with Crippen LogP contribution in [0.1, 0.15) is 0 Å². The normalized spacial score (nSPS) is 0. The van der Waals surface area contributed by atoms with Crippen LogP contribution in [0.2, 0.25) is 0 Å². The van der Waals surface area contributed by atoms with Crippen molar-refractivity contribution in [3.8, 4) is 0 Å². The van der Waals surface area contributed by atoms with Crippen LogP contribution in [0.4, 0.5) is 0 Å². The molecule has 0 unspecified atom stereocenters. The molecule has 4 heteroatoms. The molecular weight excluding hydrogens is 323 g/mol. The van der Waals surface area contributed by atoms with Gasteiger partial charge in [0, 0.05) is 93.6 Å². The van der Waals surface area contributed by atoms with Gasteiger partial charge in [-0.15, -0.1) is 0 Å². The van der Waals surface area contributed by atoms with E-state index >= 15 is 0 Å². The van der Waals surface area contributed by atoms with Gasteiger partial charge < -0.3 is 0 Å². The molecule has 0 aromatic heterocycles. The smallest absolute Gasteiger partial charge is 0 e. The predicted molar refractivity (Wildman–Crippen MR) is 5.75 cm³/mol. The van der Waals surface area contributed by atoms with Crippen LogP contribution >= 0.6 is 0 Å². The summed E-state index contributed by atoms with van der Waals surface area (Å²) in [6.07, 6.45) is 0. The van der Waals surface area contributed by atoms with Gasteiger partial charge in [0.15, 0.2) is 0 Å². The monoisotopic (exact) mass is 323 g/mol. The Morgan fingerprint density at radius 1 is 1.00 bits per heavy atom. The molecule has 0 atom stereocenters. The van der Waals surface area contributed by atoms with Crippen LogP contribution in [0.25, 0.3) is 0 Å². The molecule has 0 fully saturated rings. The van der Waals surface area contributed by atoms with Crippen LogP contribution in [0.15, 0.2) is 0 Å². The molecule has 0 saturated carbocycles. The van der Waals surface area contributed by atoms with Gasteiger partial charge in [-0.2, -0.15) is 0 Å². The predicted octanol–water partition coefficient (Wildman–Crippen LogP) is -0.386. The van der Waals surface area contributed by atoms with Crippen molar-refractivity contribution in [3.63, 3.8) is 0 Å². The van der Waals surface area contributed by atoms with E-state index in [0.29, 0.717) is 0 Å². The second-order valence-electron chi connectivity index (χ2n) is 0. The molecule has 3 radical (unpaired) electrons. The van der Waals surface area contributed by atoms with E-state index in [1.165, 1.54) is 0 Å². The van der Waals surface area contributed by atoms with E-state index in [9.17, 15) is 0 Å². The molecule has 0 aromatic rings. The van der Waals surface area contributed by atoms with Gasteiger partial charge in [0.1, 0.15) is 0 Å². The summed E-state index contributed by atoms with van der Waals surface area (Å²) in [4.78, 5) is 0. The van der Waals surface area contributed by atoms with Crippen molar-refractivity contribution in [1.82, 2.24) is 0 Å². The molecule has 0 rings (SSSR count). The summed E-state index contributed by atoms with van der Waals surface area (Å²) in [6, 6.07) is 0. The van der Waals surface area contributed by atoms with Gasteiger partial charge >= 0.3 is 0 Å². The van der Waals surface area contributed by atoms with Gasteiger partial charge in [-0.3, -0.25) is 0 Å². The summed E-state index contributed by atoms with van der Waals surface area (Å²) < 4.78 is 0. The number of hydrogen-bond acceptors (Lipinski definition) is 0. The average Bonchev–Trinajstić information content (AvgIpc) is 0. The molecule has 0 bridgehead atoms. The van der Waals surface area contributed by atoms with Gasteiger partial charge in [-0.1, -0.05) is 0 Å². The van der Waals surface area contributed by atoms with Crippen LogP contribution < -0.4 is 0 Å². The van der Waals surface area contributed by atoms with Crippen molar-refractivity contribution in [3.05, 3.63) is 0 Å². The summed E-state index contributed by atoms with van der Waals surface area (Å²) in [5.74, 6) is 0. The maximum Gasteiger partial charge on any atom is 0 e. The summed E-state index contributed by atoms with van der Waals surface area (Å²) in [7, 11) is 0. The van der Waals surface area contributed by atoms with E-state index in [4.69, 9.17) is 0 Å². The molecule has 0 aliphatic heterocycles. The Balaban J connectivity index is 0. The second kappa shape index (κ2) is 16.9. The summed E-state index contributed by atoms with van der Waals surface area (Å²) in [6.45, 7) is 0. The summed E-state index contributed by atoms with van der Waals surface area (Å²) >= 11 is 0. The Morgan fingerprint density at radius 2 is 1.00 bits per heavy atom. The van der Waals surface area contributed by atoms with E-state index in [1.54, 1.807) is 0 Å². The Bertz CT molecular complexity index is 8.00. The topological polar surface area (TPSA) is 0 Å². The first-order valence-electron chi connectivity index (χ1n) is 0. The molecule has 0 nitrogen and oxygen atoms in total. The van der Waals surface area contributed by atoms with Crippen molar-refractivity contribution >= 4 is 8.41 Å². The van der Waals surface area contributed by atoms with E-state index in [1.807, 2.05) is 0 Å². The Hall–Kier alpha value is 2.86. The maximum atomic E-state index is 0. The molecule has 0 aromatic carbocycles. The number of hydrogen-bond donors (Lipinski definition) is 0. The quantitative estimate of drug-likeness (QED) is 0.533. The third-order valence-electron chi connectivity index (χ3n) is 0. The van der Waals surface area contributed by atoms with Crippen molar-refractivity contribution in [1.29, 1.82) is 0 Å². The van der Waals surface area contributed by atoms with Crippen LogP contribution in [0, 0.1) is 40.8 Å². The molecule has 0 N–H and O–H groups in total. The van der Waals surface area contributed by atoms with Gasteiger partial charge in [-0.05, 0) is 0 Å². The maximum absolute atomic E-state index is 0. The van der Waals surface area contributed by atoms with Crippen LogP contribution in [-0.4, -0.2) is 8.41 Å². The molecule has 17 valence electrons. The Labute approximate surface area is 91.6 Å². The molecule has 0 aliphatic rings. The van der Waals surface area contributed by atoms with Crippen molar-refractivity contribution in [2.45, 2.75) is 0 Å². The second-order valence-corrected chi connectivity index (χ2v) is 0. The van der Waals surface area contributed by atoms with Crippen molar-refractivity contribution < 1.29 is 85.2 Å². The number of rotatable bonds is 0. The van der Waals surface area contributed by atoms with Crippen LogP contribution in [0.5, 0.6) is 0 Å². The molecule has 0 spiro atoms. The summed E-state index contributed by atoms with van der Waals surface area (Å²) in [5, 5.41) is 0. The first kappa shape index (κ1) is 28.8. The fourth-order valence-electron chi connectivity index (χ4n) is 0. The molecule has 0 saturated heterocycles. The van der Waals surface area contributed by atoms with Crippen molar-refractivity contribution in [2.24, 2.45) is 0 Å². The van der Waals surface area contributed by atoms with Crippen LogP contribution in [-0.2, 0) is 44.4 Å². The minimum Gasteiger partial charge on any atom is 0 e. The van der Waals surface area contributed by atoms with Crippen molar-refractivity contribution in [2.75, 3.05) is 0 Å². The Kier molecular flexibility index (Phi) is 122. The fraction of sp³-hybridized carbons (Fsp3) is 0. The zero-order valence-electron chi connectivity index (χ0n) is 2.14. The third-order valence-corrected chi connectivity index (χ3v) is 0. The van der Waals surface area contributed by atoms with Gasteiger partial charge in [0.05, 0.1) is 0 Å². The van der Waals surface area contributed by atoms with E-state index < -0.39 is 0 Å². The van der Waals surface area contributed by atoms with E-state index in [2.05, 4.69) is 0 Å². The molecule has 0 aliphatic carbocycles. The van der Waals surface area contributed by atoms with Gasteiger partial charge in [-0.25, -0.2) is 0 Å².